The summed E-state index contributed by atoms with van der Waals surface area (Å²) < 4.78 is 0. The fraction of sp³-hybridized carbons (Fsp3) is 0.444. The van der Waals surface area contributed by atoms with Gasteiger partial charge in [-0.25, -0.2) is 15.0 Å². The summed E-state index contributed by atoms with van der Waals surface area (Å²) in [4.78, 5) is 17.4. The second kappa shape index (κ2) is 8.30. The average Bonchev–Trinajstić information content (AvgIpc) is 2.87. The molecule has 0 spiro atoms. The zero-order chi connectivity index (χ0) is 18.5. The van der Waals surface area contributed by atoms with Crippen molar-refractivity contribution in [3.8, 4) is 6.07 Å². The molecule has 0 bridgehead atoms. The van der Waals surface area contributed by atoms with Crippen LogP contribution in [-0.4, -0.2) is 46.0 Å². The van der Waals surface area contributed by atoms with Crippen LogP contribution in [0.2, 0.25) is 5.02 Å². The highest BCUT2D eigenvalue weighted by Crippen LogP contribution is 2.27. The third-order valence-electron chi connectivity index (χ3n) is 4.69. The molecule has 1 aliphatic rings. The molecule has 0 saturated carbocycles. The Hall–Kier alpha value is -2.43. The van der Waals surface area contributed by atoms with E-state index in [9.17, 15) is 0 Å². The Labute approximate surface area is 158 Å². The first-order valence-corrected chi connectivity index (χ1v) is 9.03. The molecule has 2 aromatic heterocycles. The summed E-state index contributed by atoms with van der Waals surface area (Å²) in [6, 6.07) is 5.87. The lowest BCUT2D eigenvalue weighted by atomic mass is 10.1. The quantitative estimate of drug-likeness (QED) is 0.881. The van der Waals surface area contributed by atoms with Crippen LogP contribution < -0.4 is 10.6 Å². The number of anilines is 2. The van der Waals surface area contributed by atoms with Gasteiger partial charge in [-0.15, -0.1) is 0 Å². The van der Waals surface area contributed by atoms with Gasteiger partial charge in [-0.2, -0.15) is 5.26 Å². The van der Waals surface area contributed by atoms with Gasteiger partial charge in [-0.05, 0) is 38.4 Å². The van der Waals surface area contributed by atoms with Gasteiger partial charge in [-0.3, -0.25) is 4.90 Å². The zero-order valence-electron chi connectivity index (χ0n) is 14.8. The number of pyridine rings is 1. The lowest BCUT2D eigenvalue weighted by Crippen LogP contribution is -2.33. The maximum Gasteiger partial charge on any atom is 0.147 e. The van der Waals surface area contributed by atoms with Gasteiger partial charge >= 0.3 is 0 Å². The Kier molecular flexibility index (Phi) is 5.86. The molecule has 1 fully saturated rings. The predicted octanol–water partition coefficient (Wildman–Crippen LogP) is 2.47. The molecule has 0 amide bonds. The molecule has 136 valence electrons. The molecule has 3 heterocycles. The van der Waals surface area contributed by atoms with E-state index in [1.165, 1.54) is 0 Å². The van der Waals surface area contributed by atoms with Gasteiger partial charge in [0.05, 0.1) is 17.1 Å². The number of nitrogens with zero attached hydrogens (tertiary/aromatic N) is 6. The second-order valence-electron chi connectivity index (χ2n) is 6.53. The molecule has 1 aliphatic heterocycles. The molecular weight excluding hydrogens is 350 g/mol. The molecule has 1 saturated heterocycles. The third-order valence-corrected chi connectivity index (χ3v) is 4.97. The molecule has 0 aromatic carbocycles. The minimum Gasteiger partial charge on any atom is -0.384 e. The first-order valence-electron chi connectivity index (χ1n) is 8.65. The number of hydrogen-bond acceptors (Lipinski definition) is 7. The van der Waals surface area contributed by atoms with E-state index in [2.05, 4.69) is 37.9 Å². The van der Waals surface area contributed by atoms with E-state index in [0.29, 0.717) is 29.0 Å². The van der Waals surface area contributed by atoms with E-state index < -0.39 is 0 Å². The lowest BCUT2D eigenvalue weighted by Gasteiger charge is -2.27. The number of nitrogen functional groups attached to an aromatic ring is 1. The smallest absolute Gasteiger partial charge is 0.147 e. The van der Waals surface area contributed by atoms with Gasteiger partial charge in [-0.1, -0.05) is 11.6 Å². The molecular formula is C18H22ClN7. The highest BCUT2D eigenvalue weighted by Gasteiger charge is 2.23. The summed E-state index contributed by atoms with van der Waals surface area (Å²) >= 11 is 6.32. The van der Waals surface area contributed by atoms with Crippen molar-refractivity contribution < 1.29 is 0 Å². The van der Waals surface area contributed by atoms with E-state index in [4.69, 9.17) is 22.6 Å². The van der Waals surface area contributed by atoms with Crippen LogP contribution in [0.1, 0.15) is 30.7 Å². The molecule has 0 aliphatic carbocycles. The van der Waals surface area contributed by atoms with Crippen LogP contribution in [-0.2, 0) is 6.54 Å². The van der Waals surface area contributed by atoms with Crippen molar-refractivity contribution in [2.24, 2.45) is 0 Å². The SMILES string of the molecule is CN(Cc1nccc(N)n1)[C@@H]1CCCN(c2ncc(C#N)cc2Cl)CC1. The summed E-state index contributed by atoms with van der Waals surface area (Å²) in [7, 11) is 2.10. The molecule has 0 radical (unpaired) electrons. The molecule has 0 unspecified atom stereocenters. The number of nitriles is 1. The lowest BCUT2D eigenvalue weighted by molar-refractivity contribution is 0.212. The van der Waals surface area contributed by atoms with Gasteiger partial charge in [0.2, 0.25) is 0 Å². The van der Waals surface area contributed by atoms with Crippen molar-refractivity contribution in [1.82, 2.24) is 19.9 Å². The van der Waals surface area contributed by atoms with Crippen molar-refractivity contribution in [2.45, 2.75) is 31.8 Å². The second-order valence-corrected chi connectivity index (χ2v) is 6.93. The maximum absolute atomic E-state index is 8.96. The van der Waals surface area contributed by atoms with Crippen molar-refractivity contribution in [3.05, 3.63) is 40.9 Å². The first kappa shape index (κ1) is 18.4. The van der Waals surface area contributed by atoms with Crippen LogP contribution in [0.4, 0.5) is 11.6 Å². The summed E-state index contributed by atoms with van der Waals surface area (Å²) in [5, 5.41) is 9.49. The highest BCUT2D eigenvalue weighted by molar-refractivity contribution is 6.33. The first-order chi connectivity index (χ1) is 12.6. The van der Waals surface area contributed by atoms with Crippen LogP contribution in [0.25, 0.3) is 0 Å². The number of rotatable bonds is 4. The molecule has 7 nitrogen and oxygen atoms in total. The number of hydrogen-bond donors (Lipinski definition) is 1. The van der Waals surface area contributed by atoms with E-state index >= 15 is 0 Å². The number of halogens is 1. The largest absolute Gasteiger partial charge is 0.384 e. The van der Waals surface area contributed by atoms with Gasteiger partial charge in [0.25, 0.3) is 0 Å². The van der Waals surface area contributed by atoms with Crippen LogP contribution >= 0.6 is 11.6 Å². The fourth-order valence-electron chi connectivity index (χ4n) is 3.30. The van der Waals surface area contributed by atoms with Crippen LogP contribution in [0, 0.1) is 11.3 Å². The molecule has 3 rings (SSSR count). The van der Waals surface area contributed by atoms with Gasteiger partial charge in [0, 0.05) is 31.5 Å². The molecule has 2 aromatic rings. The minimum absolute atomic E-state index is 0.433. The van der Waals surface area contributed by atoms with E-state index in [1.807, 2.05) is 0 Å². The van der Waals surface area contributed by atoms with E-state index in [0.717, 1.165) is 44.0 Å². The standard InChI is InChI=1S/C18H22ClN7/c1-25(12-17-22-6-4-16(21)24-17)14-3-2-7-26(8-5-14)18-15(19)9-13(10-20)11-23-18/h4,6,9,11,14H,2-3,5,7-8,12H2,1H3,(H2,21,22,24)/t14-/m1/s1. The zero-order valence-corrected chi connectivity index (χ0v) is 15.5. The van der Waals surface area contributed by atoms with Gasteiger partial charge < -0.3 is 10.6 Å². The van der Waals surface area contributed by atoms with Crippen molar-refractivity contribution in [1.29, 1.82) is 5.26 Å². The Bertz CT molecular complexity index is 804. The van der Waals surface area contributed by atoms with Crippen LogP contribution in [0.3, 0.4) is 0 Å². The van der Waals surface area contributed by atoms with Crippen molar-refractivity contribution in [2.75, 3.05) is 30.8 Å². The van der Waals surface area contributed by atoms with Gasteiger partial charge in [0.1, 0.15) is 23.5 Å². The summed E-state index contributed by atoms with van der Waals surface area (Å²) in [5.41, 5.74) is 6.22. The summed E-state index contributed by atoms with van der Waals surface area (Å²) in [6.45, 7) is 2.44. The molecule has 26 heavy (non-hydrogen) atoms. The Morgan fingerprint density at radius 3 is 2.96 bits per heavy atom. The Morgan fingerprint density at radius 1 is 1.38 bits per heavy atom. The summed E-state index contributed by atoms with van der Waals surface area (Å²) in [5.74, 6) is 2.00. The van der Waals surface area contributed by atoms with E-state index in [-0.39, 0.29) is 0 Å². The van der Waals surface area contributed by atoms with Crippen LogP contribution in [0.15, 0.2) is 24.5 Å². The van der Waals surface area contributed by atoms with Gasteiger partial charge in [0.15, 0.2) is 0 Å². The third kappa shape index (κ3) is 4.40. The molecule has 1 atom stereocenters. The number of nitrogens with two attached hydrogens (primary N) is 1. The maximum atomic E-state index is 8.96. The molecule has 8 heteroatoms. The topological polar surface area (TPSA) is 95.0 Å². The number of aromatic nitrogens is 3. The monoisotopic (exact) mass is 371 g/mol. The van der Waals surface area contributed by atoms with E-state index in [1.54, 1.807) is 24.5 Å². The molecule has 2 N–H and O–H groups in total. The minimum atomic E-state index is 0.433. The fourth-order valence-corrected chi connectivity index (χ4v) is 3.58. The van der Waals surface area contributed by atoms with Crippen LogP contribution in [0.5, 0.6) is 0 Å². The Balaban J connectivity index is 1.63. The Morgan fingerprint density at radius 2 is 2.23 bits per heavy atom. The highest BCUT2D eigenvalue weighted by atomic mass is 35.5. The summed E-state index contributed by atoms with van der Waals surface area (Å²) in [6.07, 6.45) is 6.40. The van der Waals surface area contributed by atoms with Crippen molar-refractivity contribution >= 4 is 23.2 Å². The average molecular weight is 372 g/mol. The van der Waals surface area contributed by atoms with Crippen molar-refractivity contribution in [3.63, 3.8) is 0 Å². The normalized spacial score (nSPS) is 17.8. The predicted molar refractivity (Wildman–Crippen MR) is 102 cm³/mol.